The van der Waals surface area contributed by atoms with Crippen molar-refractivity contribution in [1.82, 2.24) is 31.1 Å². The fraction of sp³-hybridized carbons (Fsp3) is 0.558. The molecule has 6 amide bonds. The van der Waals surface area contributed by atoms with Crippen LogP contribution in [0.1, 0.15) is 88.4 Å². The predicted octanol–water partition coefficient (Wildman–Crippen LogP) is 3.81. The smallest absolute Gasteiger partial charge is 0.475 e. The number of aliphatic carboxylic acids is 4. The van der Waals surface area contributed by atoms with Crippen LogP contribution in [0.15, 0.2) is 53.5 Å². The largest absolute Gasteiger partial charge is 0.490 e. The second kappa shape index (κ2) is 37.6. The minimum atomic E-state index is -5.08. The van der Waals surface area contributed by atoms with E-state index in [1.807, 2.05) is 42.5 Å². The maximum atomic E-state index is 13.9. The van der Waals surface area contributed by atoms with Crippen molar-refractivity contribution >= 4 is 82.3 Å². The third-order valence-corrected chi connectivity index (χ3v) is 12.8. The number of aliphatic imine (C=N–C) groups is 1. The van der Waals surface area contributed by atoms with Crippen LogP contribution in [0.4, 0.5) is 69.7 Å². The highest BCUT2D eigenvalue weighted by Gasteiger charge is 2.41. The molecule has 90 heavy (non-hydrogen) atoms. The fourth-order valence-corrected chi connectivity index (χ4v) is 8.44. The van der Waals surface area contributed by atoms with Crippen molar-refractivity contribution in [3.05, 3.63) is 54.1 Å². The van der Waals surface area contributed by atoms with Crippen LogP contribution in [0.2, 0.25) is 0 Å². The van der Waals surface area contributed by atoms with E-state index < -0.39 is 90.3 Å². The minimum Gasteiger partial charge on any atom is -0.475 e. The third kappa shape index (κ3) is 30.7. The van der Waals surface area contributed by atoms with Gasteiger partial charge in [0.1, 0.15) is 12.1 Å². The van der Waals surface area contributed by atoms with Crippen LogP contribution in [0.5, 0.6) is 0 Å². The van der Waals surface area contributed by atoms with Crippen molar-refractivity contribution in [2.75, 3.05) is 62.6 Å². The quantitative estimate of drug-likeness (QED) is 0.0388. The summed E-state index contributed by atoms with van der Waals surface area (Å²) < 4.78 is 127. The molecule has 2 aromatic carbocycles. The van der Waals surface area contributed by atoms with Gasteiger partial charge in [-0.15, -0.1) is 0 Å². The van der Waals surface area contributed by atoms with Crippen LogP contribution >= 0.6 is 0 Å². The molecule has 3 aliphatic rings. The Morgan fingerprint density at radius 1 is 0.633 bits per heavy atom. The van der Waals surface area contributed by atoms with Gasteiger partial charge >= 0.3 is 48.6 Å². The van der Waals surface area contributed by atoms with Crippen molar-refractivity contribution in [2.24, 2.45) is 28.1 Å². The summed E-state index contributed by atoms with van der Waals surface area (Å²) in [6.45, 7) is 8.11. The number of benzene rings is 2. The first-order valence-electron chi connectivity index (χ1n) is 27.0. The number of carbonyl (C=O) groups excluding carboxylic acids is 6. The number of hydrogen-bond donors (Lipinski definition) is 12. The lowest BCUT2D eigenvalue weighted by Gasteiger charge is -2.35. The number of amides is 6. The Bertz CT molecular complexity index is 2660. The Labute approximate surface area is 505 Å². The second-order valence-corrected chi connectivity index (χ2v) is 19.8. The van der Waals surface area contributed by atoms with Gasteiger partial charge in [-0.25, -0.2) is 19.2 Å². The van der Waals surface area contributed by atoms with Gasteiger partial charge in [0.15, 0.2) is 5.96 Å². The molecular formula is C52H70F12N12O14. The number of alkyl halides is 12. The van der Waals surface area contributed by atoms with E-state index in [2.05, 4.69) is 41.4 Å². The van der Waals surface area contributed by atoms with Crippen molar-refractivity contribution in [1.29, 1.82) is 0 Å². The van der Waals surface area contributed by atoms with Crippen LogP contribution in [0.25, 0.3) is 0 Å². The van der Waals surface area contributed by atoms with Crippen LogP contribution in [-0.4, -0.2) is 197 Å². The second-order valence-electron chi connectivity index (χ2n) is 19.8. The third-order valence-electron chi connectivity index (χ3n) is 12.8. The normalized spacial score (nSPS) is 15.6. The number of carboxylic acids is 4. The Hall–Kier alpha value is -8.39. The summed E-state index contributed by atoms with van der Waals surface area (Å²) in [4.78, 5) is 124. The van der Waals surface area contributed by atoms with Crippen LogP contribution < -0.4 is 48.7 Å². The Kier molecular flexibility index (Phi) is 33.2. The van der Waals surface area contributed by atoms with E-state index in [4.69, 9.17) is 56.8 Å². The predicted molar refractivity (Wildman–Crippen MR) is 294 cm³/mol. The number of nitrogens with one attached hydrogen (secondary N) is 5. The molecular weight excluding hydrogens is 1240 g/mol. The van der Waals surface area contributed by atoms with Gasteiger partial charge in [0.2, 0.25) is 29.5 Å². The van der Waals surface area contributed by atoms with E-state index in [9.17, 15) is 81.5 Å². The zero-order chi connectivity index (χ0) is 68.9. The Morgan fingerprint density at radius 3 is 1.59 bits per heavy atom. The number of rotatable bonds is 20. The summed E-state index contributed by atoms with van der Waals surface area (Å²) in [6.07, 6.45) is -12.1. The highest BCUT2D eigenvalue weighted by Crippen LogP contribution is 2.38. The number of nitrogens with two attached hydrogens (primary N) is 3. The van der Waals surface area contributed by atoms with Gasteiger partial charge in [-0.1, -0.05) is 37.1 Å². The van der Waals surface area contributed by atoms with Gasteiger partial charge in [0.25, 0.3) is 5.91 Å². The number of nitrogens with zero attached hydrogens (tertiary/aromatic N) is 4. The van der Waals surface area contributed by atoms with E-state index >= 15 is 0 Å². The summed E-state index contributed by atoms with van der Waals surface area (Å²) in [5.74, 6) is -12.9. The maximum absolute atomic E-state index is 13.9. The summed E-state index contributed by atoms with van der Waals surface area (Å²) in [5, 5.41) is 42.5. The van der Waals surface area contributed by atoms with E-state index in [1.54, 1.807) is 11.0 Å². The number of piperidine rings is 2. The number of halogens is 12. The average Bonchev–Trinajstić information content (AvgIpc) is 1.58. The molecule has 2 saturated heterocycles. The molecule has 2 fully saturated rings. The lowest BCUT2D eigenvalue weighted by Crippen LogP contribution is -2.57. The van der Waals surface area contributed by atoms with Crippen molar-refractivity contribution in [2.45, 2.75) is 127 Å². The number of hydrogen-bond acceptors (Lipinski definition) is 15. The van der Waals surface area contributed by atoms with Crippen LogP contribution in [-0.2, 0) is 43.2 Å². The zero-order valence-corrected chi connectivity index (χ0v) is 48.2. The molecule has 0 aliphatic carbocycles. The molecule has 0 radical (unpaired) electrons. The Morgan fingerprint density at radius 2 is 1.11 bits per heavy atom. The van der Waals surface area contributed by atoms with Gasteiger partial charge in [0.05, 0.1) is 35.2 Å². The molecule has 0 bridgehead atoms. The number of likely N-dealkylation sites (tertiary alicyclic amines) is 2. The molecule has 5 rings (SSSR count). The summed E-state index contributed by atoms with van der Waals surface area (Å²) in [6, 6.07) is 12.1. The number of anilines is 3. The number of fused-ring (bicyclic) bond motifs is 2. The number of carboxylic acid groups (broad SMARTS) is 4. The molecule has 3 heterocycles. The first-order valence-corrected chi connectivity index (χ1v) is 27.0. The standard InChI is InChI=1S/C44H66N12O6.4C2HF3O2/c1-29(40(59)53-43(62)35(13-9-21-45)50-30(2)57)49-42(61)36(16-22-48-44(46)47)51-32-19-26-54(27-20-32)23-8-7-10-31-17-24-55(25-18-31)28-39(58)56-37-14-5-3-11-33(37)41(60)52-34-12-4-6-15-38(34)56;4*3-2(4,5)1(6)7/h3-6,11-12,14-15,29,31-32,35-36,51H,7-10,13,16-28,45H2,1-2H3,(H,49,61)(H,50,57)(H,52,60)(H4,46,47,48)(H,53,59,62);4*(H,6,7)/t29-,35-,36-;;;;/m0..../s1. The minimum absolute atomic E-state index is 0.0542. The molecule has 506 valence electrons. The molecule has 3 aliphatic heterocycles. The fourth-order valence-electron chi connectivity index (χ4n) is 8.44. The maximum Gasteiger partial charge on any atom is 0.490 e. The van der Waals surface area contributed by atoms with Crippen LogP contribution in [0, 0.1) is 5.92 Å². The summed E-state index contributed by atoms with van der Waals surface area (Å²) in [5.41, 5.74) is 19.0. The number of imide groups is 1. The van der Waals surface area contributed by atoms with Crippen molar-refractivity contribution in [3.8, 4) is 0 Å². The lowest BCUT2D eigenvalue weighted by atomic mass is 9.91. The van der Waals surface area contributed by atoms with E-state index in [0.717, 1.165) is 77.7 Å². The Balaban J connectivity index is 0.00000119. The number of guanidine groups is 1. The van der Waals surface area contributed by atoms with Gasteiger partial charge in [-0.05, 0) is 128 Å². The van der Waals surface area contributed by atoms with Gasteiger partial charge in [-0.2, -0.15) is 52.7 Å². The molecule has 15 N–H and O–H groups in total. The van der Waals surface area contributed by atoms with Crippen LogP contribution in [0.3, 0.4) is 0 Å². The molecule has 38 heteroatoms. The first kappa shape index (κ1) is 79.6. The molecule has 26 nitrogen and oxygen atoms in total. The topological polar surface area (TPSA) is 412 Å². The van der Waals surface area contributed by atoms with Gasteiger partial charge < -0.3 is 63.8 Å². The van der Waals surface area contributed by atoms with E-state index in [1.165, 1.54) is 13.8 Å². The monoisotopic (exact) mass is 1310 g/mol. The SMILES string of the molecule is CC(=O)N[C@@H](CCCN)C(=O)NC(=O)[C@H](C)NC(=O)[C@H](CCN=C(N)N)NC1CCN(CCCCC2CCN(CC(=O)N3c4ccccc4NC(=O)c4ccccc43)CC2)CC1.O=C(O)C(F)(F)F.O=C(O)C(F)(F)F.O=C(O)C(F)(F)F.O=C(O)C(F)(F)F. The molecule has 0 spiro atoms. The van der Waals surface area contributed by atoms with Crippen molar-refractivity contribution in [3.63, 3.8) is 0 Å². The number of para-hydroxylation sites is 3. The lowest BCUT2D eigenvalue weighted by molar-refractivity contribution is -0.193. The van der Waals surface area contributed by atoms with Crippen molar-refractivity contribution < 1.29 is 121 Å². The first-order chi connectivity index (χ1) is 41.6. The molecule has 0 saturated carbocycles. The highest BCUT2D eigenvalue weighted by molar-refractivity contribution is 6.18. The van der Waals surface area contributed by atoms with E-state index in [0.29, 0.717) is 47.9 Å². The molecule has 3 atom stereocenters. The molecule has 0 aromatic heterocycles. The zero-order valence-electron chi connectivity index (χ0n) is 48.2. The molecule has 0 unspecified atom stereocenters. The van der Waals surface area contributed by atoms with Gasteiger partial charge in [-0.3, -0.25) is 48.9 Å². The average molecular weight is 1320 g/mol. The summed E-state index contributed by atoms with van der Waals surface area (Å²) >= 11 is 0. The highest BCUT2D eigenvalue weighted by atomic mass is 19.4. The number of carbonyl (C=O) groups is 10. The molecule has 2 aromatic rings. The number of unbranched alkanes of at least 4 members (excludes halogenated alkanes) is 1. The summed E-state index contributed by atoms with van der Waals surface area (Å²) in [7, 11) is 0. The van der Waals surface area contributed by atoms with E-state index in [-0.39, 0.29) is 43.3 Å². The van der Waals surface area contributed by atoms with Gasteiger partial charge in [0, 0.05) is 19.5 Å².